The summed E-state index contributed by atoms with van der Waals surface area (Å²) in [4.78, 5) is 14.1. The van der Waals surface area contributed by atoms with Gasteiger partial charge in [-0.2, -0.15) is 0 Å². The molecule has 0 aliphatic carbocycles. The summed E-state index contributed by atoms with van der Waals surface area (Å²) in [6.45, 7) is 3.98. The van der Waals surface area contributed by atoms with Crippen LogP contribution in [0.4, 0.5) is 20.2 Å². The standard InChI is InChI=1S/C13H14F2N4O2/c1-8(2)18-7-16-5-9(18)6-17-13-11(19(20)21)4-3-10(14)12(13)15/h3-5,7-8,17H,6H2,1-2H3. The first kappa shape index (κ1) is 14.9. The van der Waals surface area contributed by atoms with E-state index < -0.39 is 27.9 Å². The van der Waals surface area contributed by atoms with E-state index in [0.29, 0.717) is 5.69 Å². The van der Waals surface area contributed by atoms with Gasteiger partial charge in [0.1, 0.15) is 0 Å². The van der Waals surface area contributed by atoms with Crippen LogP contribution in [-0.4, -0.2) is 14.5 Å². The predicted octanol–water partition coefficient (Wildman–Crippen LogP) is 3.26. The molecule has 1 N–H and O–H groups in total. The highest BCUT2D eigenvalue weighted by Gasteiger charge is 2.21. The number of rotatable bonds is 5. The Labute approximate surface area is 119 Å². The maximum absolute atomic E-state index is 13.7. The molecule has 0 atom stereocenters. The summed E-state index contributed by atoms with van der Waals surface area (Å²) in [7, 11) is 0. The number of hydrogen-bond acceptors (Lipinski definition) is 4. The minimum Gasteiger partial charge on any atom is -0.371 e. The van der Waals surface area contributed by atoms with Crippen LogP contribution in [0, 0.1) is 21.7 Å². The summed E-state index contributed by atoms with van der Waals surface area (Å²) in [6, 6.07) is 1.80. The highest BCUT2D eigenvalue weighted by atomic mass is 19.2. The number of benzene rings is 1. The van der Waals surface area contributed by atoms with Gasteiger partial charge in [-0.05, 0) is 19.9 Å². The van der Waals surface area contributed by atoms with E-state index in [4.69, 9.17) is 0 Å². The van der Waals surface area contributed by atoms with E-state index in [9.17, 15) is 18.9 Å². The Morgan fingerprint density at radius 1 is 1.43 bits per heavy atom. The topological polar surface area (TPSA) is 73.0 Å². The first-order chi connectivity index (χ1) is 9.91. The average molecular weight is 296 g/mol. The Morgan fingerprint density at radius 3 is 2.76 bits per heavy atom. The molecule has 6 nitrogen and oxygen atoms in total. The van der Waals surface area contributed by atoms with Crippen molar-refractivity contribution in [3.05, 3.63) is 52.1 Å². The van der Waals surface area contributed by atoms with Crippen LogP contribution in [0.15, 0.2) is 24.7 Å². The van der Waals surface area contributed by atoms with E-state index in [2.05, 4.69) is 10.3 Å². The van der Waals surface area contributed by atoms with Crippen molar-refractivity contribution in [2.45, 2.75) is 26.4 Å². The molecule has 0 bridgehead atoms. The van der Waals surface area contributed by atoms with Crippen LogP contribution in [0.1, 0.15) is 25.6 Å². The van der Waals surface area contributed by atoms with Gasteiger partial charge >= 0.3 is 0 Å². The molecule has 8 heteroatoms. The maximum Gasteiger partial charge on any atom is 0.295 e. The largest absolute Gasteiger partial charge is 0.371 e. The van der Waals surface area contributed by atoms with Gasteiger partial charge in [0.15, 0.2) is 17.3 Å². The zero-order valence-corrected chi connectivity index (χ0v) is 11.5. The van der Waals surface area contributed by atoms with Crippen molar-refractivity contribution in [1.82, 2.24) is 9.55 Å². The van der Waals surface area contributed by atoms with Gasteiger partial charge in [-0.15, -0.1) is 0 Å². The number of nitrogens with one attached hydrogen (secondary N) is 1. The van der Waals surface area contributed by atoms with Crippen molar-refractivity contribution in [3.63, 3.8) is 0 Å². The lowest BCUT2D eigenvalue weighted by Gasteiger charge is -2.13. The van der Waals surface area contributed by atoms with Crippen LogP contribution in [0.5, 0.6) is 0 Å². The second-order valence-electron chi connectivity index (χ2n) is 4.75. The molecule has 1 aromatic carbocycles. The first-order valence-electron chi connectivity index (χ1n) is 6.28. The van der Waals surface area contributed by atoms with Crippen molar-refractivity contribution in [1.29, 1.82) is 0 Å². The van der Waals surface area contributed by atoms with E-state index in [1.54, 1.807) is 12.5 Å². The Morgan fingerprint density at radius 2 is 2.14 bits per heavy atom. The molecular formula is C13H14F2N4O2. The molecule has 0 saturated heterocycles. The highest BCUT2D eigenvalue weighted by molar-refractivity contribution is 5.62. The molecule has 1 aromatic heterocycles. The van der Waals surface area contributed by atoms with Crippen molar-refractivity contribution in [3.8, 4) is 0 Å². The van der Waals surface area contributed by atoms with Crippen LogP contribution in [0.3, 0.4) is 0 Å². The molecular weight excluding hydrogens is 282 g/mol. The minimum atomic E-state index is -1.26. The van der Waals surface area contributed by atoms with E-state index in [1.165, 1.54) is 0 Å². The molecule has 1 heterocycles. The Kier molecular flexibility index (Phi) is 4.15. The molecule has 112 valence electrons. The molecule has 0 aliphatic rings. The minimum absolute atomic E-state index is 0.0966. The lowest BCUT2D eigenvalue weighted by Crippen LogP contribution is -2.11. The Hall–Kier alpha value is -2.51. The number of hydrogen-bond donors (Lipinski definition) is 1. The van der Waals surface area contributed by atoms with Crippen molar-refractivity contribution in [2.75, 3.05) is 5.32 Å². The van der Waals surface area contributed by atoms with Gasteiger partial charge < -0.3 is 9.88 Å². The van der Waals surface area contributed by atoms with E-state index >= 15 is 0 Å². The smallest absolute Gasteiger partial charge is 0.295 e. The molecule has 2 rings (SSSR count). The fraction of sp³-hybridized carbons (Fsp3) is 0.308. The molecule has 0 unspecified atom stereocenters. The van der Waals surface area contributed by atoms with E-state index in [0.717, 1.165) is 12.1 Å². The molecule has 0 fully saturated rings. The van der Waals surface area contributed by atoms with Crippen LogP contribution in [0.2, 0.25) is 0 Å². The molecule has 0 spiro atoms. The first-order valence-corrected chi connectivity index (χ1v) is 6.28. The van der Waals surface area contributed by atoms with E-state index in [-0.39, 0.29) is 12.6 Å². The summed E-state index contributed by atoms with van der Waals surface area (Å²) in [5.41, 5.74) is -0.260. The number of nitro benzene ring substituents is 1. The number of anilines is 1. The van der Waals surface area contributed by atoms with Gasteiger partial charge in [-0.3, -0.25) is 10.1 Å². The molecule has 0 amide bonds. The number of imidazole rings is 1. The van der Waals surface area contributed by atoms with Gasteiger partial charge in [-0.25, -0.2) is 13.8 Å². The third-order valence-corrected chi connectivity index (χ3v) is 3.02. The van der Waals surface area contributed by atoms with Gasteiger partial charge in [0.25, 0.3) is 5.69 Å². The van der Waals surface area contributed by atoms with Gasteiger partial charge in [0, 0.05) is 18.3 Å². The summed E-state index contributed by atoms with van der Waals surface area (Å²) >= 11 is 0. The number of aromatic nitrogens is 2. The lowest BCUT2D eigenvalue weighted by molar-refractivity contribution is -0.384. The number of nitrogens with zero attached hydrogens (tertiary/aromatic N) is 3. The molecule has 21 heavy (non-hydrogen) atoms. The van der Waals surface area contributed by atoms with Crippen LogP contribution >= 0.6 is 0 Å². The normalized spacial score (nSPS) is 10.9. The number of nitro groups is 1. The zero-order valence-electron chi connectivity index (χ0n) is 11.5. The SMILES string of the molecule is CC(C)n1cncc1CNc1c([N+](=O)[O-])ccc(F)c1F. The third-order valence-electron chi connectivity index (χ3n) is 3.02. The Bertz CT molecular complexity index is 670. The maximum atomic E-state index is 13.7. The highest BCUT2D eigenvalue weighted by Crippen LogP contribution is 2.29. The van der Waals surface area contributed by atoms with Crippen LogP contribution in [-0.2, 0) is 6.54 Å². The van der Waals surface area contributed by atoms with Crippen molar-refractivity contribution >= 4 is 11.4 Å². The van der Waals surface area contributed by atoms with Crippen molar-refractivity contribution in [2.24, 2.45) is 0 Å². The molecule has 0 aliphatic heterocycles. The molecule has 2 aromatic rings. The van der Waals surface area contributed by atoms with Crippen molar-refractivity contribution < 1.29 is 13.7 Å². The lowest BCUT2D eigenvalue weighted by atomic mass is 10.2. The summed E-state index contributed by atoms with van der Waals surface area (Å²) in [5, 5.41) is 13.5. The second-order valence-corrected chi connectivity index (χ2v) is 4.75. The van der Waals surface area contributed by atoms with Gasteiger partial charge in [-0.1, -0.05) is 0 Å². The van der Waals surface area contributed by atoms with Crippen LogP contribution < -0.4 is 5.32 Å². The second kappa shape index (κ2) is 5.86. The van der Waals surface area contributed by atoms with Gasteiger partial charge in [0.2, 0.25) is 0 Å². The third kappa shape index (κ3) is 2.99. The fourth-order valence-electron chi connectivity index (χ4n) is 1.97. The quantitative estimate of drug-likeness (QED) is 0.679. The Balaban J connectivity index is 2.29. The predicted molar refractivity (Wildman–Crippen MR) is 73.0 cm³/mol. The summed E-state index contributed by atoms with van der Waals surface area (Å²) in [5.74, 6) is -2.40. The summed E-state index contributed by atoms with van der Waals surface area (Å²) in [6.07, 6.45) is 3.17. The van der Waals surface area contributed by atoms with Gasteiger partial charge in [0.05, 0.1) is 23.5 Å². The monoisotopic (exact) mass is 296 g/mol. The summed E-state index contributed by atoms with van der Waals surface area (Å²) < 4.78 is 28.8. The average Bonchev–Trinajstić information content (AvgIpc) is 2.88. The molecule has 0 radical (unpaired) electrons. The molecule has 0 saturated carbocycles. The van der Waals surface area contributed by atoms with E-state index in [1.807, 2.05) is 18.4 Å². The van der Waals surface area contributed by atoms with Crippen LogP contribution in [0.25, 0.3) is 0 Å². The number of halogens is 2. The zero-order chi connectivity index (χ0) is 15.6. The fourth-order valence-corrected chi connectivity index (χ4v) is 1.97.